The summed E-state index contributed by atoms with van der Waals surface area (Å²) in [6.07, 6.45) is 0. The summed E-state index contributed by atoms with van der Waals surface area (Å²) in [7, 11) is -4.26. The lowest BCUT2D eigenvalue weighted by atomic mass is 9.88. The van der Waals surface area contributed by atoms with Crippen LogP contribution in [-0.4, -0.2) is 13.0 Å². The zero-order valence-electron chi connectivity index (χ0n) is 13.1. The van der Waals surface area contributed by atoms with Gasteiger partial charge in [0, 0.05) is 0 Å². The van der Waals surface area contributed by atoms with Gasteiger partial charge in [-0.2, -0.15) is 8.42 Å². The van der Waals surface area contributed by atoms with Crippen LogP contribution in [0.3, 0.4) is 0 Å². The van der Waals surface area contributed by atoms with Crippen molar-refractivity contribution in [2.75, 3.05) is 0 Å². The van der Waals surface area contributed by atoms with Crippen LogP contribution in [0.1, 0.15) is 56.2 Å². The first-order valence-electron chi connectivity index (χ1n) is 7.18. The largest absolute Gasteiger partial charge is 0.295 e. The molecule has 0 heterocycles. The van der Waals surface area contributed by atoms with Crippen molar-refractivity contribution in [3.05, 3.63) is 41.0 Å². The maximum absolute atomic E-state index is 12.0. The Bertz CT molecular complexity index is 787. The molecule has 2 aromatic carbocycles. The molecular weight excluding hydrogens is 284 g/mol. The lowest BCUT2D eigenvalue weighted by Gasteiger charge is -2.21. The van der Waals surface area contributed by atoms with Crippen molar-refractivity contribution in [3.8, 4) is 0 Å². The second-order valence-electron chi connectivity index (χ2n) is 6.16. The van der Waals surface area contributed by atoms with Crippen LogP contribution >= 0.6 is 0 Å². The molecule has 2 aromatic rings. The van der Waals surface area contributed by atoms with Crippen molar-refractivity contribution in [2.45, 2.75) is 51.3 Å². The number of fused-ring (bicyclic) bond motifs is 1. The monoisotopic (exact) mass is 306 g/mol. The molecule has 4 heteroatoms. The van der Waals surface area contributed by atoms with Gasteiger partial charge in [0.25, 0.3) is 10.1 Å². The smallest absolute Gasteiger partial charge is 0.282 e. The maximum atomic E-state index is 12.0. The molecule has 0 aromatic heterocycles. The molecule has 114 valence electrons. The average molecular weight is 306 g/mol. The van der Waals surface area contributed by atoms with Crippen LogP contribution in [0.2, 0.25) is 0 Å². The van der Waals surface area contributed by atoms with E-state index in [-0.39, 0.29) is 16.7 Å². The first-order valence-corrected chi connectivity index (χ1v) is 8.62. The molecular formula is C17H22O3S. The van der Waals surface area contributed by atoms with Crippen molar-refractivity contribution in [1.82, 2.24) is 0 Å². The second kappa shape index (κ2) is 5.43. The second-order valence-corrected chi connectivity index (χ2v) is 7.52. The highest BCUT2D eigenvalue weighted by Gasteiger charge is 2.26. The minimum absolute atomic E-state index is 0.00456. The van der Waals surface area contributed by atoms with Crippen LogP contribution in [0.25, 0.3) is 10.8 Å². The Balaban J connectivity index is 3.11. The highest BCUT2D eigenvalue weighted by atomic mass is 32.2. The number of aryl methyl sites for hydroxylation is 1. The molecule has 2 rings (SSSR count). The van der Waals surface area contributed by atoms with Crippen LogP contribution in [0.5, 0.6) is 0 Å². The van der Waals surface area contributed by atoms with Gasteiger partial charge in [0.2, 0.25) is 0 Å². The van der Waals surface area contributed by atoms with Crippen molar-refractivity contribution in [2.24, 2.45) is 0 Å². The quantitative estimate of drug-likeness (QED) is 0.840. The fourth-order valence-electron chi connectivity index (χ4n) is 2.90. The van der Waals surface area contributed by atoms with Crippen LogP contribution in [0.4, 0.5) is 0 Å². The standard InChI is InChI=1S/C17H22O3S/c1-10(2)14-9-15-12(5)7-6-8-13(15)16(11(3)4)17(14)21(18,19)20/h6-11H,1-5H3,(H,18,19,20). The van der Waals surface area contributed by atoms with E-state index in [0.29, 0.717) is 11.1 Å². The van der Waals surface area contributed by atoms with Gasteiger partial charge in [0.15, 0.2) is 0 Å². The zero-order valence-corrected chi connectivity index (χ0v) is 14.0. The van der Waals surface area contributed by atoms with Gasteiger partial charge in [-0.05, 0) is 52.3 Å². The van der Waals surface area contributed by atoms with Gasteiger partial charge in [-0.25, -0.2) is 0 Å². The Hall–Kier alpha value is -1.39. The molecule has 0 unspecified atom stereocenters. The predicted molar refractivity (Wildman–Crippen MR) is 86.7 cm³/mol. The van der Waals surface area contributed by atoms with Gasteiger partial charge in [-0.15, -0.1) is 0 Å². The van der Waals surface area contributed by atoms with Gasteiger partial charge in [-0.1, -0.05) is 45.9 Å². The number of rotatable bonds is 3. The Kier molecular flexibility index (Phi) is 4.13. The highest BCUT2D eigenvalue weighted by Crippen LogP contribution is 2.38. The van der Waals surface area contributed by atoms with Gasteiger partial charge < -0.3 is 0 Å². The minimum Gasteiger partial charge on any atom is -0.282 e. The molecule has 0 saturated carbocycles. The molecule has 3 nitrogen and oxygen atoms in total. The van der Waals surface area contributed by atoms with Gasteiger partial charge in [-0.3, -0.25) is 4.55 Å². The first kappa shape index (κ1) is 16.0. The molecule has 0 radical (unpaired) electrons. The van der Waals surface area contributed by atoms with Crippen molar-refractivity contribution in [3.63, 3.8) is 0 Å². The summed E-state index contributed by atoms with van der Waals surface area (Å²) in [6.45, 7) is 9.81. The Morgan fingerprint density at radius 2 is 1.62 bits per heavy atom. The zero-order chi connectivity index (χ0) is 15.9. The van der Waals surface area contributed by atoms with Crippen LogP contribution in [-0.2, 0) is 10.1 Å². The summed E-state index contributed by atoms with van der Waals surface area (Å²) in [5, 5.41) is 1.96. The summed E-state index contributed by atoms with van der Waals surface area (Å²) in [4.78, 5) is 0.0885. The van der Waals surface area contributed by atoms with Crippen molar-refractivity contribution >= 4 is 20.9 Å². The van der Waals surface area contributed by atoms with E-state index < -0.39 is 10.1 Å². The predicted octanol–water partition coefficient (Wildman–Crippen LogP) is 4.64. The highest BCUT2D eigenvalue weighted by molar-refractivity contribution is 7.86. The SMILES string of the molecule is Cc1cccc2c(C(C)C)c(S(=O)(=O)O)c(C(C)C)cc12. The topological polar surface area (TPSA) is 54.4 Å². The fraction of sp³-hybridized carbons (Fsp3) is 0.412. The first-order chi connectivity index (χ1) is 9.64. The van der Waals surface area contributed by atoms with E-state index in [2.05, 4.69) is 0 Å². The summed E-state index contributed by atoms with van der Waals surface area (Å²) in [5.41, 5.74) is 2.50. The molecule has 0 aliphatic rings. The summed E-state index contributed by atoms with van der Waals surface area (Å²) in [5.74, 6) is 0.0216. The van der Waals surface area contributed by atoms with E-state index in [1.165, 1.54) is 0 Å². The molecule has 0 fully saturated rings. The Morgan fingerprint density at radius 1 is 1.00 bits per heavy atom. The Labute approximate surface area is 126 Å². The molecule has 21 heavy (non-hydrogen) atoms. The number of benzene rings is 2. The molecule has 0 saturated heterocycles. The van der Waals surface area contributed by atoms with Crippen LogP contribution < -0.4 is 0 Å². The normalized spacial score (nSPS) is 12.6. The maximum Gasteiger partial charge on any atom is 0.295 e. The molecule has 0 bridgehead atoms. The number of hydrogen-bond donors (Lipinski definition) is 1. The molecule has 0 aliphatic heterocycles. The van der Waals surface area contributed by atoms with Crippen molar-refractivity contribution in [1.29, 1.82) is 0 Å². The van der Waals surface area contributed by atoms with Crippen molar-refractivity contribution < 1.29 is 13.0 Å². The van der Waals surface area contributed by atoms with E-state index in [1.54, 1.807) is 0 Å². The molecule has 0 amide bonds. The van der Waals surface area contributed by atoms with Gasteiger partial charge in [0.05, 0.1) is 0 Å². The minimum atomic E-state index is -4.26. The van der Waals surface area contributed by atoms with Crippen LogP contribution in [0.15, 0.2) is 29.2 Å². The molecule has 0 spiro atoms. The molecule has 1 N–H and O–H groups in total. The van der Waals surface area contributed by atoms with E-state index in [0.717, 1.165) is 16.3 Å². The lowest BCUT2D eigenvalue weighted by Crippen LogP contribution is -2.11. The Morgan fingerprint density at radius 3 is 2.10 bits per heavy atom. The molecule has 0 aliphatic carbocycles. The third kappa shape index (κ3) is 2.83. The van der Waals surface area contributed by atoms with E-state index in [1.807, 2.05) is 58.9 Å². The lowest BCUT2D eigenvalue weighted by molar-refractivity contribution is 0.479. The van der Waals surface area contributed by atoms with Crippen LogP contribution in [0, 0.1) is 6.92 Å². The third-order valence-electron chi connectivity index (χ3n) is 3.88. The molecule has 0 atom stereocenters. The van der Waals surface area contributed by atoms with E-state index >= 15 is 0 Å². The average Bonchev–Trinajstić information content (AvgIpc) is 2.35. The third-order valence-corrected chi connectivity index (χ3v) is 4.85. The number of hydrogen-bond acceptors (Lipinski definition) is 2. The summed E-state index contributed by atoms with van der Waals surface area (Å²) in [6, 6.07) is 7.77. The summed E-state index contributed by atoms with van der Waals surface area (Å²) < 4.78 is 33.7. The van der Waals surface area contributed by atoms with E-state index in [4.69, 9.17) is 0 Å². The van der Waals surface area contributed by atoms with Gasteiger partial charge in [0.1, 0.15) is 4.90 Å². The van der Waals surface area contributed by atoms with Gasteiger partial charge >= 0.3 is 0 Å². The van der Waals surface area contributed by atoms with E-state index in [9.17, 15) is 13.0 Å². The summed E-state index contributed by atoms with van der Waals surface area (Å²) >= 11 is 0. The fourth-order valence-corrected chi connectivity index (χ4v) is 4.11.